The van der Waals surface area contributed by atoms with E-state index in [2.05, 4.69) is 33.7 Å². The van der Waals surface area contributed by atoms with Crippen molar-refractivity contribution >= 4 is 57.6 Å². The molecule has 46 heavy (non-hydrogen) atoms. The van der Waals surface area contributed by atoms with E-state index in [-0.39, 0.29) is 33.9 Å². The van der Waals surface area contributed by atoms with E-state index in [4.69, 9.17) is 31.1 Å². The molecule has 5 rings (SSSR count). The number of carbonyl (C=O) groups is 1. The first-order valence-electron chi connectivity index (χ1n) is 13.5. The van der Waals surface area contributed by atoms with Crippen LogP contribution in [0, 0.1) is 14.9 Å². The lowest BCUT2D eigenvalue weighted by molar-refractivity contribution is -0.140. The Morgan fingerprint density at radius 3 is 2.48 bits per heavy atom. The summed E-state index contributed by atoms with van der Waals surface area (Å²) in [4.78, 5) is 30.6. The number of halogens is 5. The van der Waals surface area contributed by atoms with Crippen LogP contribution in [0.5, 0.6) is 11.5 Å². The SMILES string of the molecule is CCOC(=O)C1=C(C(F)(F)F)N=c2s/c(=C\c3cc(I)cc(OC)c3OCc3ccc(C#N)cc3)c(=O)n2[C@@H]1c1ccc(Cl)cc1. The molecule has 0 spiro atoms. The van der Waals surface area contributed by atoms with Gasteiger partial charge in [0.1, 0.15) is 6.61 Å². The third kappa shape index (κ3) is 6.84. The number of esters is 1. The molecule has 2 heterocycles. The molecule has 0 fully saturated rings. The van der Waals surface area contributed by atoms with Crippen LogP contribution < -0.4 is 24.4 Å². The number of aromatic nitrogens is 1. The number of allylic oxidation sites excluding steroid dienone is 1. The molecule has 1 atom stereocenters. The summed E-state index contributed by atoms with van der Waals surface area (Å²) >= 11 is 8.86. The van der Waals surface area contributed by atoms with Crippen LogP contribution in [0.4, 0.5) is 13.2 Å². The maximum Gasteiger partial charge on any atom is 0.434 e. The Kier molecular flexibility index (Phi) is 9.90. The fourth-order valence-electron chi connectivity index (χ4n) is 4.78. The number of rotatable bonds is 8. The third-order valence-corrected chi connectivity index (χ3v) is 8.66. The van der Waals surface area contributed by atoms with Gasteiger partial charge in [-0.1, -0.05) is 47.2 Å². The van der Waals surface area contributed by atoms with Gasteiger partial charge in [-0.15, -0.1) is 0 Å². The van der Waals surface area contributed by atoms with E-state index in [1.54, 1.807) is 36.4 Å². The summed E-state index contributed by atoms with van der Waals surface area (Å²) in [5.74, 6) is -0.591. The molecule has 1 aromatic heterocycles. The van der Waals surface area contributed by atoms with Crippen molar-refractivity contribution in [2.24, 2.45) is 4.99 Å². The Balaban J connectivity index is 1.71. The van der Waals surface area contributed by atoms with Crippen LogP contribution in [-0.2, 0) is 16.1 Å². The van der Waals surface area contributed by atoms with Gasteiger partial charge in [0.05, 0.1) is 41.5 Å². The lowest BCUT2D eigenvalue weighted by Crippen LogP contribution is -2.41. The Bertz CT molecular complexity index is 2070. The van der Waals surface area contributed by atoms with Crippen molar-refractivity contribution in [2.75, 3.05) is 13.7 Å². The summed E-state index contributed by atoms with van der Waals surface area (Å²) in [6.07, 6.45) is -3.54. The van der Waals surface area contributed by atoms with E-state index in [0.29, 0.717) is 21.9 Å². The van der Waals surface area contributed by atoms with Gasteiger partial charge in [-0.05, 0) is 83.1 Å². The van der Waals surface area contributed by atoms with Crippen molar-refractivity contribution in [1.29, 1.82) is 5.26 Å². The first-order chi connectivity index (χ1) is 21.9. The minimum atomic E-state index is -5.03. The molecule has 0 amide bonds. The van der Waals surface area contributed by atoms with E-state index < -0.39 is 35.0 Å². The number of nitrogens with zero attached hydrogens (tertiary/aromatic N) is 3. The van der Waals surface area contributed by atoms with Crippen LogP contribution in [-0.4, -0.2) is 30.4 Å². The number of benzene rings is 3. The van der Waals surface area contributed by atoms with Gasteiger partial charge in [0, 0.05) is 14.2 Å². The minimum absolute atomic E-state index is 0.0385. The highest BCUT2D eigenvalue weighted by atomic mass is 127. The first-order valence-corrected chi connectivity index (χ1v) is 15.8. The molecule has 8 nitrogen and oxygen atoms in total. The van der Waals surface area contributed by atoms with E-state index >= 15 is 0 Å². The number of hydrogen-bond acceptors (Lipinski definition) is 8. The predicted octanol–water partition coefficient (Wildman–Crippen LogP) is 6.06. The van der Waals surface area contributed by atoms with Gasteiger partial charge < -0.3 is 14.2 Å². The second-order valence-electron chi connectivity index (χ2n) is 9.74. The van der Waals surface area contributed by atoms with Gasteiger partial charge in [-0.3, -0.25) is 9.36 Å². The predicted molar refractivity (Wildman–Crippen MR) is 173 cm³/mol. The molecule has 0 bridgehead atoms. The molecule has 1 aliphatic rings. The number of alkyl halides is 3. The summed E-state index contributed by atoms with van der Waals surface area (Å²) in [6.45, 7) is 1.37. The van der Waals surface area contributed by atoms with Crippen molar-refractivity contribution in [3.8, 4) is 17.6 Å². The van der Waals surface area contributed by atoms with Gasteiger partial charge in [-0.25, -0.2) is 9.79 Å². The van der Waals surface area contributed by atoms with Crippen molar-refractivity contribution in [2.45, 2.75) is 25.7 Å². The largest absolute Gasteiger partial charge is 0.493 e. The highest BCUT2D eigenvalue weighted by molar-refractivity contribution is 14.1. The van der Waals surface area contributed by atoms with Crippen LogP contribution in [0.15, 0.2) is 81.7 Å². The summed E-state index contributed by atoms with van der Waals surface area (Å²) in [5.41, 5.74) is -1.05. The molecular weight excluding hydrogens is 758 g/mol. The van der Waals surface area contributed by atoms with Gasteiger partial charge in [0.2, 0.25) is 0 Å². The Labute approximate surface area is 282 Å². The summed E-state index contributed by atoms with van der Waals surface area (Å²) in [6, 6.07) is 16.6. The maximum atomic E-state index is 14.4. The summed E-state index contributed by atoms with van der Waals surface area (Å²) in [5, 5.41) is 9.40. The van der Waals surface area contributed by atoms with E-state index in [1.165, 1.54) is 44.4 Å². The van der Waals surface area contributed by atoms with Gasteiger partial charge in [-0.2, -0.15) is 18.4 Å². The van der Waals surface area contributed by atoms with Crippen molar-refractivity contribution in [3.05, 3.63) is 122 Å². The molecular formula is C32H22ClF3IN3O5S. The van der Waals surface area contributed by atoms with Crippen LogP contribution in [0.1, 0.15) is 35.2 Å². The van der Waals surface area contributed by atoms with E-state index in [1.807, 2.05) is 0 Å². The van der Waals surface area contributed by atoms with Crippen molar-refractivity contribution in [1.82, 2.24) is 4.57 Å². The first kappa shape index (κ1) is 33.2. The quantitative estimate of drug-likeness (QED) is 0.159. The molecule has 0 aliphatic carbocycles. The second kappa shape index (κ2) is 13.7. The number of hydrogen-bond donors (Lipinski definition) is 0. The fourth-order valence-corrected chi connectivity index (χ4v) is 6.51. The highest BCUT2D eigenvalue weighted by Crippen LogP contribution is 2.39. The van der Waals surface area contributed by atoms with E-state index in [9.17, 15) is 22.8 Å². The molecule has 0 saturated carbocycles. The zero-order chi connectivity index (χ0) is 33.2. The Morgan fingerprint density at radius 1 is 1.17 bits per heavy atom. The second-order valence-corrected chi connectivity index (χ2v) is 12.4. The Hall–Kier alpha value is -4.13. The van der Waals surface area contributed by atoms with Gasteiger partial charge in [0.15, 0.2) is 22.0 Å². The zero-order valence-corrected chi connectivity index (χ0v) is 27.8. The number of methoxy groups -OCH3 is 1. The standard InChI is InChI=1S/C32H22ClF3IN3O5S/c1-3-44-30(42)25-26(19-8-10-21(33)11-9-19)40-29(41)24(46-31(40)39-28(25)32(34,35)36)13-20-12-22(37)14-23(43-2)27(20)45-16-18-6-4-17(15-38)5-7-18/h4-14,26H,3,16H2,1-2H3/b24-13-/t26-/m1/s1. The molecule has 3 aromatic carbocycles. The molecule has 1 aliphatic heterocycles. The molecule has 236 valence electrons. The fraction of sp³-hybridized carbons (Fsp3) is 0.188. The van der Waals surface area contributed by atoms with Crippen LogP contribution >= 0.6 is 45.5 Å². The van der Waals surface area contributed by atoms with E-state index in [0.717, 1.165) is 25.0 Å². The average Bonchev–Trinajstić information content (AvgIpc) is 3.34. The minimum Gasteiger partial charge on any atom is -0.493 e. The van der Waals surface area contributed by atoms with Gasteiger partial charge >= 0.3 is 12.1 Å². The average molecular weight is 780 g/mol. The van der Waals surface area contributed by atoms with Crippen molar-refractivity contribution in [3.63, 3.8) is 0 Å². The normalized spacial score (nSPS) is 14.7. The smallest absolute Gasteiger partial charge is 0.434 e. The summed E-state index contributed by atoms with van der Waals surface area (Å²) in [7, 11) is 1.46. The number of carbonyl (C=O) groups excluding carboxylic acids is 1. The molecule has 0 radical (unpaired) electrons. The Morgan fingerprint density at radius 2 is 1.87 bits per heavy atom. The number of thiazole rings is 1. The zero-order valence-electron chi connectivity index (χ0n) is 24.0. The molecule has 0 N–H and O–H groups in total. The maximum absolute atomic E-state index is 14.4. The molecule has 0 unspecified atom stereocenters. The topological polar surface area (TPSA) is 103 Å². The lowest BCUT2D eigenvalue weighted by atomic mass is 9.95. The molecule has 4 aromatic rings. The molecule has 0 saturated heterocycles. The third-order valence-electron chi connectivity index (χ3n) is 6.80. The number of ether oxygens (including phenoxy) is 3. The molecule has 14 heteroatoms. The van der Waals surface area contributed by atoms with Crippen LogP contribution in [0.2, 0.25) is 5.02 Å². The van der Waals surface area contributed by atoms with Crippen LogP contribution in [0.25, 0.3) is 6.08 Å². The monoisotopic (exact) mass is 779 g/mol. The van der Waals surface area contributed by atoms with Gasteiger partial charge in [0.25, 0.3) is 5.56 Å². The van der Waals surface area contributed by atoms with Crippen LogP contribution in [0.3, 0.4) is 0 Å². The highest BCUT2D eigenvalue weighted by Gasteiger charge is 2.45. The number of nitriles is 1. The van der Waals surface area contributed by atoms with Crippen molar-refractivity contribution < 1.29 is 32.2 Å². The summed E-state index contributed by atoms with van der Waals surface area (Å²) < 4.78 is 61.8. The number of fused-ring (bicyclic) bond motifs is 1. The lowest BCUT2D eigenvalue weighted by Gasteiger charge is -2.26.